The Morgan fingerprint density at radius 2 is 1.93 bits per heavy atom. The molecular weight excluding hydrogens is 381 g/mol. The largest absolute Gasteiger partial charge is 0.366 e. The van der Waals surface area contributed by atoms with Gasteiger partial charge in [-0.1, -0.05) is 62.0 Å². The third kappa shape index (κ3) is 4.98. The van der Waals surface area contributed by atoms with Crippen LogP contribution in [0.2, 0.25) is 0 Å². The molecule has 5 heteroatoms. The topological polar surface area (TPSA) is 29.9 Å². The lowest BCUT2D eigenvalue weighted by Crippen LogP contribution is -2.19. The Morgan fingerprint density at radius 1 is 1.17 bits per heavy atom. The third-order valence-electron chi connectivity index (χ3n) is 4.95. The van der Waals surface area contributed by atoms with E-state index in [0.29, 0.717) is 11.4 Å². The van der Waals surface area contributed by atoms with E-state index in [2.05, 4.69) is 67.2 Å². The van der Waals surface area contributed by atoms with E-state index in [1.165, 1.54) is 11.1 Å². The minimum absolute atomic E-state index is 0.210. The minimum Gasteiger partial charge on any atom is -0.366 e. The Balaban J connectivity index is 1.94. The van der Waals surface area contributed by atoms with E-state index in [4.69, 9.17) is 0 Å². The van der Waals surface area contributed by atoms with Crippen LogP contribution >= 0.6 is 12.1 Å². The highest BCUT2D eigenvalue weighted by Gasteiger charge is 2.12. The molecule has 3 aromatic rings. The number of nitrogens with one attached hydrogen (secondary N) is 1. The van der Waals surface area contributed by atoms with E-state index in [1.54, 1.807) is 10.9 Å². The standard InChI is InChI=1S/C24H26FN3S/c1-5-20-10-8-11-21(14-20)15-26-24(28-19(4)23(29-25)16-27-28)13-18(3)22-12-7-6-9-17(22)2/h6-14,16,26H,3,5,15H2,1-2,4H3/b24-13-. The summed E-state index contributed by atoms with van der Waals surface area (Å²) in [4.78, 5) is 0.507. The van der Waals surface area contributed by atoms with Gasteiger partial charge in [-0.2, -0.15) is 8.98 Å². The van der Waals surface area contributed by atoms with Gasteiger partial charge in [0.25, 0.3) is 0 Å². The van der Waals surface area contributed by atoms with E-state index >= 15 is 0 Å². The fourth-order valence-electron chi connectivity index (χ4n) is 3.23. The number of halogens is 1. The smallest absolute Gasteiger partial charge is 0.128 e. The molecule has 3 rings (SSSR count). The summed E-state index contributed by atoms with van der Waals surface area (Å²) in [5, 5.41) is 7.86. The number of hydrogen-bond acceptors (Lipinski definition) is 3. The molecule has 3 nitrogen and oxygen atoms in total. The van der Waals surface area contributed by atoms with Crippen LogP contribution < -0.4 is 5.32 Å². The molecule has 150 valence electrons. The van der Waals surface area contributed by atoms with Gasteiger partial charge in [0.05, 0.1) is 28.9 Å². The van der Waals surface area contributed by atoms with Crippen molar-refractivity contribution in [1.29, 1.82) is 0 Å². The number of benzene rings is 2. The van der Waals surface area contributed by atoms with Crippen molar-refractivity contribution in [3.8, 4) is 0 Å². The van der Waals surface area contributed by atoms with Gasteiger partial charge >= 0.3 is 0 Å². The lowest BCUT2D eigenvalue weighted by Gasteiger charge is -2.15. The van der Waals surface area contributed by atoms with Gasteiger partial charge in [0, 0.05) is 6.54 Å². The molecule has 1 aromatic heterocycles. The van der Waals surface area contributed by atoms with E-state index in [0.717, 1.165) is 34.6 Å². The number of nitrogens with zero attached hydrogens (tertiary/aromatic N) is 2. The fraction of sp³-hybridized carbons (Fsp3) is 0.208. The molecule has 0 aliphatic carbocycles. The Kier molecular flexibility index (Phi) is 6.94. The van der Waals surface area contributed by atoms with Crippen LogP contribution in [-0.4, -0.2) is 9.78 Å². The average molecular weight is 408 g/mol. The number of aryl methyl sites for hydroxylation is 2. The fourth-order valence-corrected chi connectivity index (χ4v) is 3.51. The van der Waals surface area contributed by atoms with Gasteiger partial charge in [0.1, 0.15) is 5.82 Å². The zero-order valence-electron chi connectivity index (χ0n) is 17.1. The van der Waals surface area contributed by atoms with Crippen LogP contribution in [0.3, 0.4) is 0 Å². The number of allylic oxidation sites excluding steroid dienone is 2. The number of rotatable bonds is 8. The monoisotopic (exact) mass is 407 g/mol. The second-order valence-electron chi connectivity index (χ2n) is 6.98. The molecule has 0 aliphatic heterocycles. The normalized spacial score (nSPS) is 11.5. The predicted molar refractivity (Wildman–Crippen MR) is 121 cm³/mol. The van der Waals surface area contributed by atoms with Crippen LogP contribution in [0.4, 0.5) is 3.89 Å². The second-order valence-corrected chi connectivity index (χ2v) is 7.57. The van der Waals surface area contributed by atoms with Gasteiger partial charge in [0.15, 0.2) is 0 Å². The Morgan fingerprint density at radius 3 is 2.62 bits per heavy atom. The molecule has 0 radical (unpaired) electrons. The van der Waals surface area contributed by atoms with E-state index in [9.17, 15) is 3.89 Å². The highest BCUT2D eigenvalue weighted by atomic mass is 32.2. The minimum atomic E-state index is 0.210. The van der Waals surface area contributed by atoms with E-state index < -0.39 is 0 Å². The SMILES string of the molecule is C=C(/C=C(/NCc1cccc(CC)c1)n1ncc(SF)c1C)c1ccccc1C. The highest BCUT2D eigenvalue weighted by molar-refractivity contribution is 7.94. The molecule has 2 aromatic carbocycles. The lowest BCUT2D eigenvalue weighted by atomic mass is 10.0. The first-order valence-electron chi connectivity index (χ1n) is 9.65. The zero-order valence-corrected chi connectivity index (χ0v) is 17.9. The maximum atomic E-state index is 13.2. The predicted octanol–water partition coefficient (Wildman–Crippen LogP) is 6.34. The van der Waals surface area contributed by atoms with Gasteiger partial charge < -0.3 is 5.32 Å². The van der Waals surface area contributed by atoms with Gasteiger partial charge in [-0.25, -0.2) is 4.68 Å². The van der Waals surface area contributed by atoms with Crippen molar-refractivity contribution in [2.24, 2.45) is 0 Å². The molecule has 0 spiro atoms. The van der Waals surface area contributed by atoms with Crippen molar-refractivity contribution in [1.82, 2.24) is 15.1 Å². The van der Waals surface area contributed by atoms with Gasteiger partial charge in [-0.15, -0.1) is 0 Å². The van der Waals surface area contributed by atoms with Crippen molar-refractivity contribution >= 4 is 23.5 Å². The maximum Gasteiger partial charge on any atom is 0.128 e. The van der Waals surface area contributed by atoms with Crippen LogP contribution in [-0.2, 0) is 13.0 Å². The molecule has 0 saturated heterocycles. The summed E-state index contributed by atoms with van der Waals surface area (Å²) in [7, 11) is 0. The summed E-state index contributed by atoms with van der Waals surface area (Å²) in [6, 6.07) is 16.6. The quantitative estimate of drug-likeness (QED) is 0.442. The Hall–Kier alpha value is -2.79. The van der Waals surface area contributed by atoms with Gasteiger partial charge in [-0.05, 0) is 54.2 Å². The Labute approximate surface area is 176 Å². The summed E-state index contributed by atoms with van der Waals surface area (Å²) in [6.45, 7) is 11.0. The number of aromatic nitrogens is 2. The van der Waals surface area contributed by atoms with Crippen LogP contribution in [0.1, 0.15) is 34.9 Å². The maximum absolute atomic E-state index is 13.2. The molecular formula is C24H26FN3S. The van der Waals surface area contributed by atoms with Crippen molar-refractivity contribution in [3.05, 3.63) is 95.3 Å². The van der Waals surface area contributed by atoms with Crippen molar-refractivity contribution in [2.45, 2.75) is 38.6 Å². The molecule has 0 aliphatic rings. The first kappa shape index (κ1) is 20.9. The van der Waals surface area contributed by atoms with Crippen LogP contribution in [0.15, 0.2) is 72.3 Å². The molecule has 0 unspecified atom stereocenters. The van der Waals surface area contributed by atoms with E-state index in [-0.39, 0.29) is 12.1 Å². The molecule has 0 fully saturated rings. The molecule has 0 saturated carbocycles. The van der Waals surface area contributed by atoms with Crippen LogP contribution in [0.25, 0.3) is 11.4 Å². The molecule has 29 heavy (non-hydrogen) atoms. The Bertz CT molecular complexity index is 1040. The van der Waals surface area contributed by atoms with Crippen molar-refractivity contribution in [2.75, 3.05) is 0 Å². The van der Waals surface area contributed by atoms with E-state index in [1.807, 2.05) is 25.1 Å². The van der Waals surface area contributed by atoms with Gasteiger partial charge in [0.2, 0.25) is 0 Å². The molecule has 1 heterocycles. The molecule has 0 amide bonds. The van der Waals surface area contributed by atoms with Crippen molar-refractivity contribution < 1.29 is 3.89 Å². The third-order valence-corrected chi connectivity index (χ3v) is 5.52. The first-order valence-corrected chi connectivity index (χ1v) is 10.4. The molecule has 0 atom stereocenters. The van der Waals surface area contributed by atoms with Crippen LogP contribution in [0.5, 0.6) is 0 Å². The number of hydrogen-bond donors (Lipinski definition) is 1. The molecule has 1 N–H and O–H groups in total. The van der Waals surface area contributed by atoms with Gasteiger partial charge in [-0.3, -0.25) is 0 Å². The highest BCUT2D eigenvalue weighted by Crippen LogP contribution is 2.26. The van der Waals surface area contributed by atoms with Crippen molar-refractivity contribution in [3.63, 3.8) is 0 Å². The summed E-state index contributed by atoms with van der Waals surface area (Å²) in [5.41, 5.74) is 6.33. The average Bonchev–Trinajstić information content (AvgIpc) is 3.11. The summed E-state index contributed by atoms with van der Waals surface area (Å²) in [6.07, 6.45) is 4.51. The molecule has 0 bridgehead atoms. The summed E-state index contributed by atoms with van der Waals surface area (Å²) < 4.78 is 14.9. The first-order chi connectivity index (χ1) is 14.0. The lowest BCUT2D eigenvalue weighted by molar-refractivity contribution is 0.754. The van der Waals surface area contributed by atoms with Crippen LogP contribution in [0, 0.1) is 13.8 Å². The summed E-state index contributed by atoms with van der Waals surface area (Å²) in [5.74, 6) is 0.762. The zero-order chi connectivity index (χ0) is 20.8. The summed E-state index contributed by atoms with van der Waals surface area (Å²) >= 11 is 0.210. The second kappa shape index (κ2) is 9.61.